The molecule has 2 nitrogen and oxygen atoms in total. The molecule has 49 valence electrons. The molecule has 0 saturated heterocycles. The number of aliphatic imine (C=N–C) groups is 2. The average Bonchev–Trinajstić information content (AvgIpc) is 2.34. The molecule has 0 atom stereocenters. The molecule has 0 aromatic heterocycles. The number of rotatable bonds is 3. The maximum absolute atomic E-state index is 4.01. The Kier molecular flexibility index (Phi) is 2.77. The van der Waals surface area contributed by atoms with Crippen LogP contribution in [-0.2, 0) is 0 Å². The summed E-state index contributed by atoms with van der Waals surface area (Å²) < 4.78 is 0. The minimum atomic E-state index is 0.900. The molecule has 0 N–H and O–H groups in total. The Labute approximate surface area is 59.5 Å². The van der Waals surface area contributed by atoms with Gasteiger partial charge in [-0.2, -0.15) is 0 Å². The Bertz CT molecular complexity index is 119. The smallest absolute Gasteiger partial charge is 0.246 e. The highest BCUT2D eigenvalue weighted by atomic mass is 32.2. The van der Waals surface area contributed by atoms with Gasteiger partial charge in [0.05, 0.1) is 0 Å². The minimum absolute atomic E-state index is 0.900. The molecule has 1 heterocycles. The summed E-state index contributed by atoms with van der Waals surface area (Å²) in [7, 11) is 0. The fourth-order valence-corrected chi connectivity index (χ4v) is 1.15. The van der Waals surface area contributed by atoms with Crippen molar-refractivity contribution in [1.82, 2.24) is 0 Å². The third kappa shape index (κ3) is 2.18. The zero-order valence-electron chi connectivity index (χ0n) is 5.37. The summed E-state index contributed by atoms with van der Waals surface area (Å²) in [5, 5.41) is 0. The molecule has 0 amide bonds. The Hall–Kier alpha value is -0.310. The Morgan fingerprint density at radius 3 is 2.67 bits per heavy atom. The monoisotopic (exact) mass is 141 g/mol. The van der Waals surface area contributed by atoms with Crippen molar-refractivity contribution in [2.75, 3.05) is 5.75 Å². The van der Waals surface area contributed by atoms with E-state index in [0.29, 0.717) is 0 Å². The van der Waals surface area contributed by atoms with Gasteiger partial charge in [-0.1, -0.05) is 6.92 Å². The van der Waals surface area contributed by atoms with E-state index in [1.54, 1.807) is 24.2 Å². The predicted octanol–water partition coefficient (Wildman–Crippen LogP) is 1.73. The first-order valence-electron chi connectivity index (χ1n) is 3.00. The van der Waals surface area contributed by atoms with E-state index in [0.717, 1.165) is 11.3 Å². The van der Waals surface area contributed by atoms with Gasteiger partial charge in [0.2, 0.25) is 0 Å². The molecule has 0 fully saturated rings. The van der Waals surface area contributed by atoms with Gasteiger partial charge in [-0.15, -0.1) is 11.8 Å². The van der Waals surface area contributed by atoms with Crippen molar-refractivity contribution in [1.29, 1.82) is 0 Å². The van der Waals surface area contributed by atoms with Crippen molar-refractivity contribution in [2.45, 2.75) is 13.3 Å². The largest absolute Gasteiger partial charge is 0.253 e. The van der Waals surface area contributed by atoms with Gasteiger partial charge >= 0.3 is 0 Å². The topological polar surface area (TPSA) is 24.7 Å². The molecule has 1 rings (SSSR count). The van der Waals surface area contributed by atoms with Crippen LogP contribution in [0.3, 0.4) is 0 Å². The first-order chi connectivity index (χ1) is 4.43. The summed E-state index contributed by atoms with van der Waals surface area (Å²) in [6, 6.07) is 0. The zero-order valence-corrected chi connectivity index (χ0v) is 6.19. The first kappa shape index (κ1) is 6.81. The molecule has 0 aromatic rings. The van der Waals surface area contributed by atoms with Gasteiger partial charge in [-0.3, -0.25) is 0 Å². The molecular formula is C6H9N2S. The van der Waals surface area contributed by atoms with Crippen molar-refractivity contribution in [3.8, 4) is 0 Å². The summed E-state index contributed by atoms with van der Waals surface area (Å²) in [5.41, 5.74) is 0.900. The molecule has 1 radical (unpaired) electrons. The molecule has 1 aliphatic heterocycles. The highest BCUT2D eigenvalue weighted by molar-refractivity contribution is 8.02. The summed E-state index contributed by atoms with van der Waals surface area (Å²) in [6.07, 6.45) is 4.62. The second-order valence-electron chi connectivity index (χ2n) is 1.69. The van der Waals surface area contributed by atoms with Crippen LogP contribution >= 0.6 is 11.8 Å². The van der Waals surface area contributed by atoms with Gasteiger partial charge in [0.25, 0.3) is 5.50 Å². The van der Waals surface area contributed by atoms with E-state index in [1.165, 1.54) is 6.42 Å². The van der Waals surface area contributed by atoms with Crippen LogP contribution < -0.4 is 0 Å². The highest BCUT2D eigenvalue weighted by Gasteiger charge is 2.05. The maximum atomic E-state index is 4.01. The fourth-order valence-electron chi connectivity index (χ4n) is 0.495. The van der Waals surface area contributed by atoms with E-state index in [2.05, 4.69) is 16.9 Å². The van der Waals surface area contributed by atoms with E-state index in [1.807, 2.05) is 0 Å². The van der Waals surface area contributed by atoms with Crippen molar-refractivity contribution < 1.29 is 0 Å². The number of thioether (sulfide) groups is 1. The van der Waals surface area contributed by atoms with Gasteiger partial charge in [-0.05, 0) is 12.2 Å². The number of nitrogens with zero attached hydrogens (tertiary/aromatic N) is 2. The third-order valence-corrected chi connectivity index (χ3v) is 1.95. The molecule has 1 aliphatic rings. The molecule has 0 aromatic carbocycles. The standard InChI is InChI=1S/C6H9N2S/c1-2-5-9-6-7-3-4-8-6/h3-4H,2,5H2,1H3. The van der Waals surface area contributed by atoms with E-state index in [9.17, 15) is 0 Å². The summed E-state index contributed by atoms with van der Waals surface area (Å²) in [5.74, 6) is 1.12. The van der Waals surface area contributed by atoms with Crippen LogP contribution in [0.15, 0.2) is 9.98 Å². The SMILES string of the molecule is CCCS[C]1N=CC=N1. The molecule has 0 unspecified atom stereocenters. The Balaban J connectivity index is 2.13. The zero-order chi connectivity index (χ0) is 6.53. The Morgan fingerprint density at radius 2 is 2.11 bits per heavy atom. The third-order valence-electron chi connectivity index (χ3n) is 0.872. The van der Waals surface area contributed by atoms with E-state index < -0.39 is 0 Å². The molecule has 9 heavy (non-hydrogen) atoms. The van der Waals surface area contributed by atoms with Crippen LogP contribution in [0.5, 0.6) is 0 Å². The minimum Gasteiger partial charge on any atom is -0.246 e. The summed E-state index contributed by atoms with van der Waals surface area (Å²) in [4.78, 5) is 8.01. The van der Waals surface area contributed by atoms with Gasteiger partial charge in [-0.25, -0.2) is 9.98 Å². The molecule has 3 heteroatoms. The molecule has 0 aliphatic carbocycles. The molecular weight excluding hydrogens is 132 g/mol. The lowest BCUT2D eigenvalue weighted by molar-refractivity contribution is 1.10. The van der Waals surface area contributed by atoms with Crippen LogP contribution in [-0.4, -0.2) is 18.2 Å². The van der Waals surface area contributed by atoms with Crippen molar-refractivity contribution >= 4 is 24.2 Å². The quantitative estimate of drug-likeness (QED) is 0.587. The molecule has 0 bridgehead atoms. The fraction of sp³-hybridized carbons (Fsp3) is 0.500. The number of hydrogen-bond acceptors (Lipinski definition) is 3. The predicted molar refractivity (Wildman–Crippen MR) is 43.0 cm³/mol. The van der Waals surface area contributed by atoms with E-state index in [-0.39, 0.29) is 0 Å². The summed E-state index contributed by atoms with van der Waals surface area (Å²) >= 11 is 1.70. The van der Waals surface area contributed by atoms with E-state index in [4.69, 9.17) is 0 Å². The maximum Gasteiger partial charge on any atom is 0.253 e. The van der Waals surface area contributed by atoms with Gasteiger partial charge in [0.15, 0.2) is 0 Å². The Morgan fingerprint density at radius 1 is 1.44 bits per heavy atom. The first-order valence-corrected chi connectivity index (χ1v) is 3.98. The van der Waals surface area contributed by atoms with Gasteiger partial charge in [0, 0.05) is 12.4 Å². The van der Waals surface area contributed by atoms with Gasteiger partial charge in [0.1, 0.15) is 0 Å². The normalized spacial score (nSPS) is 17.4. The van der Waals surface area contributed by atoms with Crippen molar-refractivity contribution in [3.63, 3.8) is 0 Å². The van der Waals surface area contributed by atoms with Crippen LogP contribution in [0.4, 0.5) is 0 Å². The lowest BCUT2D eigenvalue weighted by Crippen LogP contribution is -1.80. The lowest BCUT2D eigenvalue weighted by atomic mass is 10.6. The molecule has 0 saturated carbocycles. The second kappa shape index (κ2) is 3.67. The molecule has 0 spiro atoms. The second-order valence-corrected chi connectivity index (χ2v) is 2.75. The van der Waals surface area contributed by atoms with Crippen molar-refractivity contribution in [3.05, 3.63) is 5.50 Å². The van der Waals surface area contributed by atoms with E-state index >= 15 is 0 Å². The van der Waals surface area contributed by atoms with Gasteiger partial charge < -0.3 is 0 Å². The summed E-state index contributed by atoms with van der Waals surface area (Å²) in [6.45, 7) is 2.15. The highest BCUT2D eigenvalue weighted by Crippen LogP contribution is 2.23. The average molecular weight is 141 g/mol. The van der Waals surface area contributed by atoms with Crippen LogP contribution in [0, 0.1) is 5.50 Å². The number of hydrogen-bond donors (Lipinski definition) is 0. The van der Waals surface area contributed by atoms with Crippen molar-refractivity contribution in [2.24, 2.45) is 9.98 Å². The lowest BCUT2D eigenvalue weighted by Gasteiger charge is -1.97. The van der Waals surface area contributed by atoms with Crippen LogP contribution in [0.25, 0.3) is 0 Å². The van der Waals surface area contributed by atoms with Crippen LogP contribution in [0.2, 0.25) is 0 Å². The van der Waals surface area contributed by atoms with Crippen LogP contribution in [0.1, 0.15) is 13.3 Å².